The summed E-state index contributed by atoms with van der Waals surface area (Å²) in [4.78, 5) is 69.5. The Hall–Kier alpha value is -5.49. The number of likely N-dealkylation sites (tertiary alicyclic amines) is 1. The molecule has 3 aromatic carbocycles. The Morgan fingerprint density at radius 1 is 0.860 bits per heavy atom. The fourth-order valence-corrected chi connectivity index (χ4v) is 10.0. The average molecular weight is 784 g/mol. The summed E-state index contributed by atoms with van der Waals surface area (Å²) in [5.74, 6) is 5.85. The summed E-state index contributed by atoms with van der Waals surface area (Å²) in [6.45, 7) is 3.60. The predicted molar refractivity (Wildman–Crippen MR) is 209 cm³/mol. The number of carbonyl (C=O) groups is 5. The van der Waals surface area contributed by atoms with Gasteiger partial charge < -0.3 is 9.64 Å². The molecule has 1 unspecified atom stereocenters. The lowest BCUT2D eigenvalue weighted by Crippen LogP contribution is -2.54. The number of nitrogens with zero attached hydrogens (tertiary/aromatic N) is 4. The van der Waals surface area contributed by atoms with Gasteiger partial charge in [0.15, 0.2) is 0 Å². The summed E-state index contributed by atoms with van der Waals surface area (Å²) >= 11 is 6.16. The highest BCUT2D eigenvalue weighted by atomic mass is 35.5. The number of rotatable bonds is 6. The Morgan fingerprint density at radius 3 is 2.11 bits per heavy atom. The van der Waals surface area contributed by atoms with Crippen molar-refractivity contribution in [2.45, 2.75) is 89.4 Å². The van der Waals surface area contributed by atoms with E-state index < -0.39 is 23.8 Å². The van der Waals surface area contributed by atoms with E-state index in [1.807, 2.05) is 41.3 Å². The van der Waals surface area contributed by atoms with Gasteiger partial charge in [-0.05, 0) is 110 Å². The molecule has 5 amide bonds. The molecule has 5 fully saturated rings. The molecule has 4 aliphatic heterocycles. The zero-order chi connectivity index (χ0) is 39.5. The Labute approximate surface area is 336 Å². The van der Waals surface area contributed by atoms with Crippen LogP contribution in [0.5, 0.6) is 5.75 Å². The van der Waals surface area contributed by atoms with Crippen LogP contribution in [0.25, 0.3) is 0 Å². The number of nitrogens with one attached hydrogen (secondary N) is 1. The Morgan fingerprint density at radius 2 is 1.51 bits per heavy atom. The lowest BCUT2D eigenvalue weighted by Gasteiger charge is -2.52. The Kier molecular flexibility index (Phi) is 9.42. The van der Waals surface area contributed by atoms with E-state index in [0.717, 1.165) is 79.7 Å². The van der Waals surface area contributed by atoms with Gasteiger partial charge in [0, 0.05) is 74.6 Å². The maximum absolute atomic E-state index is 13.4. The molecule has 2 bridgehead atoms. The monoisotopic (exact) mass is 783 g/mol. The third-order valence-electron chi connectivity index (χ3n) is 13.2. The summed E-state index contributed by atoms with van der Waals surface area (Å²) in [5, 5.41) is 11.7. The van der Waals surface area contributed by atoms with Crippen molar-refractivity contribution in [1.29, 1.82) is 5.26 Å². The molecule has 0 radical (unpaired) electrons. The first-order valence-corrected chi connectivity index (χ1v) is 20.3. The summed E-state index contributed by atoms with van der Waals surface area (Å²) in [7, 11) is 0. The molecular formula is C45H42ClN5O6. The molecule has 3 aromatic rings. The number of carbonyl (C=O) groups excluding carboxylic acids is 5. The first-order chi connectivity index (χ1) is 27.5. The van der Waals surface area contributed by atoms with Crippen molar-refractivity contribution in [3.05, 3.63) is 98.6 Å². The number of halogens is 1. The summed E-state index contributed by atoms with van der Waals surface area (Å²) in [6.07, 6.45) is 8.15. The predicted octanol–water partition coefficient (Wildman–Crippen LogP) is 6.00. The van der Waals surface area contributed by atoms with E-state index in [0.29, 0.717) is 59.0 Å². The standard InChI is InChI=1S/C45H42ClN5O6/c46-37-23-34(6-5-30(37)24-47)57-33-10-19-50(20-11-33)41(54)29-3-1-28(2-4-29)9-12-44-13-16-45(17-14-44,18-15-44)27-49-25-31-21-35-36(22-32(31)26-49)43(56)51(42(35)55)38-7-8-39(52)48-40(38)53/h1-6,21-23,33,38H,7-8,10-11,13-20,25-27H2,(H,48,52,53). The fraction of sp³-hybridized carbons (Fsp3) is 0.422. The summed E-state index contributed by atoms with van der Waals surface area (Å²) < 4.78 is 6.09. The van der Waals surface area contributed by atoms with Gasteiger partial charge in [0.05, 0.1) is 21.7 Å². The van der Waals surface area contributed by atoms with Gasteiger partial charge in [-0.1, -0.05) is 23.4 Å². The molecule has 4 heterocycles. The van der Waals surface area contributed by atoms with Gasteiger partial charge in [-0.25, -0.2) is 0 Å². The van der Waals surface area contributed by atoms with Gasteiger partial charge in [0.1, 0.15) is 24.0 Å². The molecule has 3 aliphatic carbocycles. The van der Waals surface area contributed by atoms with Gasteiger partial charge >= 0.3 is 0 Å². The van der Waals surface area contributed by atoms with Crippen LogP contribution in [0, 0.1) is 34.0 Å². The molecule has 3 saturated carbocycles. The van der Waals surface area contributed by atoms with Gasteiger partial charge in [0.25, 0.3) is 17.7 Å². The Balaban J connectivity index is 0.763. The number of ether oxygens (including phenoxy) is 1. The molecule has 290 valence electrons. The van der Waals surface area contributed by atoms with E-state index in [2.05, 4.69) is 28.1 Å². The van der Waals surface area contributed by atoms with E-state index in [1.165, 1.54) is 0 Å². The molecule has 57 heavy (non-hydrogen) atoms. The van der Waals surface area contributed by atoms with Crippen LogP contribution < -0.4 is 10.1 Å². The topological polar surface area (TPSA) is 140 Å². The summed E-state index contributed by atoms with van der Waals surface area (Å²) in [5.41, 5.74) is 5.01. The van der Waals surface area contributed by atoms with Crippen molar-refractivity contribution in [1.82, 2.24) is 20.0 Å². The zero-order valence-corrected chi connectivity index (χ0v) is 32.3. The number of benzene rings is 3. The minimum atomic E-state index is -0.961. The van der Waals surface area contributed by atoms with Crippen molar-refractivity contribution < 1.29 is 28.7 Å². The number of nitriles is 1. The molecule has 0 aromatic heterocycles. The van der Waals surface area contributed by atoms with Crippen molar-refractivity contribution in [3.8, 4) is 23.7 Å². The van der Waals surface area contributed by atoms with Crippen LogP contribution >= 0.6 is 11.6 Å². The van der Waals surface area contributed by atoms with Crippen LogP contribution in [0.15, 0.2) is 54.6 Å². The molecule has 0 spiro atoms. The molecule has 1 atom stereocenters. The van der Waals surface area contributed by atoms with Gasteiger partial charge in [0.2, 0.25) is 11.8 Å². The molecule has 1 N–H and O–H groups in total. The maximum Gasteiger partial charge on any atom is 0.262 e. The van der Waals surface area contributed by atoms with E-state index in [4.69, 9.17) is 21.6 Å². The van der Waals surface area contributed by atoms with Crippen molar-refractivity contribution in [3.63, 3.8) is 0 Å². The third kappa shape index (κ3) is 6.98. The number of imide groups is 2. The molecule has 2 saturated heterocycles. The lowest BCUT2D eigenvalue weighted by atomic mass is 9.54. The maximum atomic E-state index is 13.4. The minimum absolute atomic E-state index is 0.00692. The summed E-state index contributed by atoms with van der Waals surface area (Å²) in [6, 6.07) is 17.5. The van der Waals surface area contributed by atoms with Crippen LogP contribution in [0.4, 0.5) is 0 Å². The van der Waals surface area contributed by atoms with Gasteiger partial charge in [-0.15, -0.1) is 0 Å². The number of amides is 5. The Bertz CT molecular complexity index is 2260. The van der Waals surface area contributed by atoms with E-state index >= 15 is 0 Å². The van der Waals surface area contributed by atoms with Gasteiger partial charge in [-0.3, -0.25) is 39.1 Å². The number of hydrogen-bond acceptors (Lipinski definition) is 8. The molecule has 10 rings (SSSR count). The highest BCUT2D eigenvalue weighted by Gasteiger charge is 2.49. The van der Waals surface area contributed by atoms with Crippen LogP contribution in [0.3, 0.4) is 0 Å². The normalized spacial score (nSPS) is 25.7. The lowest BCUT2D eigenvalue weighted by molar-refractivity contribution is -0.136. The molecule has 11 nitrogen and oxygen atoms in total. The average Bonchev–Trinajstić information content (AvgIpc) is 3.72. The van der Waals surface area contributed by atoms with E-state index in [9.17, 15) is 24.0 Å². The van der Waals surface area contributed by atoms with Crippen LogP contribution in [-0.2, 0) is 22.7 Å². The van der Waals surface area contributed by atoms with Crippen molar-refractivity contribution in [2.24, 2.45) is 10.8 Å². The first kappa shape index (κ1) is 37.1. The second kappa shape index (κ2) is 14.5. The number of fused-ring (bicyclic) bond motifs is 5. The highest BCUT2D eigenvalue weighted by molar-refractivity contribution is 6.31. The highest BCUT2D eigenvalue weighted by Crippen LogP contribution is 2.57. The van der Waals surface area contributed by atoms with E-state index in [1.54, 1.807) is 18.2 Å². The van der Waals surface area contributed by atoms with Crippen molar-refractivity contribution >= 4 is 41.1 Å². The molecule has 12 heteroatoms. The smallest absolute Gasteiger partial charge is 0.262 e. The third-order valence-corrected chi connectivity index (χ3v) is 13.5. The van der Waals surface area contributed by atoms with Crippen LogP contribution in [0.1, 0.15) is 118 Å². The zero-order valence-electron chi connectivity index (χ0n) is 31.6. The quantitative estimate of drug-likeness (QED) is 0.237. The molecule has 7 aliphatic rings. The second-order valence-electron chi connectivity index (χ2n) is 16.7. The number of piperidine rings is 2. The number of hydrogen-bond donors (Lipinski definition) is 1. The minimum Gasteiger partial charge on any atom is -0.490 e. The van der Waals surface area contributed by atoms with E-state index in [-0.39, 0.29) is 41.6 Å². The first-order valence-electron chi connectivity index (χ1n) is 19.9. The van der Waals surface area contributed by atoms with Crippen LogP contribution in [-0.4, -0.2) is 76.0 Å². The largest absolute Gasteiger partial charge is 0.490 e. The van der Waals surface area contributed by atoms with Gasteiger partial charge in [-0.2, -0.15) is 5.26 Å². The SMILES string of the molecule is N#Cc1ccc(OC2CCN(C(=O)c3ccc(C#CC45CCC(CN6Cc7cc8c(cc7C6)C(=O)N(C6CCC(=O)NC6=O)C8=O)(CC4)CC5)cc3)CC2)cc1Cl. The second-order valence-corrected chi connectivity index (χ2v) is 17.1. The van der Waals surface area contributed by atoms with Crippen LogP contribution in [0.2, 0.25) is 5.02 Å². The fourth-order valence-electron chi connectivity index (χ4n) is 9.83. The van der Waals surface area contributed by atoms with Crippen molar-refractivity contribution in [2.75, 3.05) is 19.6 Å². The molecular weight excluding hydrogens is 742 g/mol.